The summed E-state index contributed by atoms with van der Waals surface area (Å²) in [4.78, 5) is 14.7. The number of aliphatic carboxylic acids is 1. The normalized spacial score (nSPS) is 13.2. The van der Waals surface area contributed by atoms with Gasteiger partial charge in [-0.05, 0) is 32.1 Å². The molecule has 1 unspecified atom stereocenters. The molecular weight excluding hydrogens is 280 g/mol. The van der Waals surface area contributed by atoms with Crippen molar-refractivity contribution in [3.8, 4) is 0 Å². The van der Waals surface area contributed by atoms with Gasteiger partial charge >= 0.3 is 5.97 Å². The molecule has 0 aliphatic carbocycles. The summed E-state index contributed by atoms with van der Waals surface area (Å²) in [5.41, 5.74) is 0. The Morgan fingerprint density at radius 2 is 1.59 bits per heavy atom. The van der Waals surface area contributed by atoms with E-state index in [1.807, 2.05) is 0 Å². The average molecular weight is 312 g/mol. The van der Waals surface area contributed by atoms with Crippen molar-refractivity contribution in [3.05, 3.63) is 24.3 Å². The molecule has 128 valence electrons. The quantitative estimate of drug-likeness (QED) is 0.185. The molecule has 0 rings (SSSR count). The van der Waals surface area contributed by atoms with Crippen molar-refractivity contribution in [2.75, 3.05) is 0 Å². The van der Waals surface area contributed by atoms with Crippen LogP contribution in [0.15, 0.2) is 24.3 Å². The van der Waals surface area contributed by atoms with Gasteiger partial charge in [0.1, 0.15) is 6.10 Å². The van der Waals surface area contributed by atoms with Gasteiger partial charge in [-0.15, -0.1) is 0 Å². The number of carboxylic acid groups (broad SMARTS) is 1. The zero-order valence-corrected chi connectivity index (χ0v) is 13.9. The smallest absolute Gasteiger partial charge is 0.306 e. The lowest BCUT2D eigenvalue weighted by Crippen LogP contribution is -2.15. The first-order valence-electron chi connectivity index (χ1n) is 8.54. The van der Waals surface area contributed by atoms with Crippen LogP contribution in [0, 0.1) is 0 Å². The van der Waals surface area contributed by atoms with Crippen molar-refractivity contribution in [2.45, 2.75) is 83.7 Å². The topological polar surface area (TPSA) is 66.8 Å². The third-order valence-electron chi connectivity index (χ3n) is 3.56. The van der Waals surface area contributed by atoms with Crippen molar-refractivity contribution in [2.24, 2.45) is 0 Å². The van der Waals surface area contributed by atoms with Gasteiger partial charge in [-0.2, -0.15) is 0 Å². The number of carboxylic acids is 1. The molecule has 1 atom stereocenters. The Bertz CT molecular complexity index is 310. The molecule has 0 aliphatic rings. The molecule has 22 heavy (non-hydrogen) atoms. The Kier molecular flexibility index (Phi) is 15.4. The van der Waals surface area contributed by atoms with E-state index in [-0.39, 0.29) is 6.42 Å². The maximum Gasteiger partial charge on any atom is 0.306 e. The lowest BCUT2D eigenvalue weighted by Gasteiger charge is -2.09. The Morgan fingerprint density at radius 3 is 2.09 bits per heavy atom. The van der Waals surface area contributed by atoms with Crippen LogP contribution < -0.4 is 0 Å². The van der Waals surface area contributed by atoms with Gasteiger partial charge < -0.3 is 5.11 Å². The largest absolute Gasteiger partial charge is 0.481 e. The second kappa shape index (κ2) is 16.2. The highest BCUT2D eigenvalue weighted by molar-refractivity contribution is 5.67. The molecular formula is C18H32O4. The molecule has 0 amide bonds. The highest BCUT2D eigenvalue weighted by atomic mass is 17.1. The van der Waals surface area contributed by atoms with E-state index in [0.29, 0.717) is 6.42 Å². The van der Waals surface area contributed by atoms with Crippen LogP contribution in [-0.4, -0.2) is 22.4 Å². The molecule has 0 spiro atoms. The highest BCUT2D eigenvalue weighted by Crippen LogP contribution is 2.11. The van der Waals surface area contributed by atoms with E-state index in [1.54, 1.807) is 0 Å². The molecule has 0 aliphatic heterocycles. The number of hydrogen-bond donors (Lipinski definition) is 2. The van der Waals surface area contributed by atoms with Crippen molar-refractivity contribution in [1.82, 2.24) is 0 Å². The van der Waals surface area contributed by atoms with Crippen LogP contribution >= 0.6 is 0 Å². The first kappa shape index (κ1) is 20.9. The molecule has 0 aromatic carbocycles. The van der Waals surface area contributed by atoms with Gasteiger partial charge in [-0.1, -0.05) is 63.3 Å². The summed E-state index contributed by atoms with van der Waals surface area (Å²) in [6.45, 7) is 2.22. The predicted molar refractivity (Wildman–Crippen MR) is 89.9 cm³/mol. The zero-order valence-electron chi connectivity index (χ0n) is 13.9. The standard InChI is InChI=1S/C18H32O4/c1-2-3-4-5-6-7-8-9-10-11-12-13-14-15-17(22-21)16-18(19)20/h7-10,17,21H,2-6,11-16H2,1H3,(H,19,20). The summed E-state index contributed by atoms with van der Waals surface area (Å²) in [5.74, 6) is -0.941. The van der Waals surface area contributed by atoms with Crippen LogP contribution in [0.25, 0.3) is 0 Å². The summed E-state index contributed by atoms with van der Waals surface area (Å²) in [6.07, 6.45) is 18.9. The summed E-state index contributed by atoms with van der Waals surface area (Å²) in [7, 11) is 0. The van der Waals surface area contributed by atoms with E-state index < -0.39 is 12.1 Å². The van der Waals surface area contributed by atoms with Crippen molar-refractivity contribution in [1.29, 1.82) is 0 Å². The van der Waals surface area contributed by atoms with Crippen LogP contribution in [0.3, 0.4) is 0 Å². The molecule has 0 saturated carbocycles. The summed E-state index contributed by atoms with van der Waals surface area (Å²) < 4.78 is 0. The Hall–Kier alpha value is -1.13. The van der Waals surface area contributed by atoms with Gasteiger partial charge in [-0.25, -0.2) is 4.89 Å². The monoisotopic (exact) mass is 312 g/mol. The van der Waals surface area contributed by atoms with E-state index in [9.17, 15) is 4.79 Å². The van der Waals surface area contributed by atoms with Gasteiger partial charge in [0.15, 0.2) is 0 Å². The second-order valence-electron chi connectivity index (χ2n) is 5.67. The Morgan fingerprint density at radius 1 is 1.00 bits per heavy atom. The number of rotatable bonds is 15. The molecule has 0 bridgehead atoms. The molecule has 0 aromatic heterocycles. The van der Waals surface area contributed by atoms with E-state index >= 15 is 0 Å². The molecule has 4 nitrogen and oxygen atoms in total. The first-order valence-corrected chi connectivity index (χ1v) is 8.54. The van der Waals surface area contributed by atoms with Gasteiger partial charge in [0.2, 0.25) is 0 Å². The molecule has 2 N–H and O–H groups in total. The zero-order chi connectivity index (χ0) is 16.5. The molecule has 0 heterocycles. The third-order valence-corrected chi connectivity index (χ3v) is 3.56. The van der Waals surface area contributed by atoms with Gasteiger partial charge in [0.05, 0.1) is 6.42 Å². The van der Waals surface area contributed by atoms with Crippen molar-refractivity contribution < 1.29 is 20.0 Å². The molecule has 0 saturated heterocycles. The molecule has 4 heteroatoms. The van der Waals surface area contributed by atoms with Gasteiger partial charge in [-0.3, -0.25) is 10.1 Å². The SMILES string of the molecule is CCCCCCC=CC=CCCCCCC(CC(=O)O)OO. The van der Waals surface area contributed by atoms with E-state index in [1.165, 1.54) is 25.7 Å². The van der Waals surface area contributed by atoms with E-state index in [2.05, 4.69) is 36.1 Å². The van der Waals surface area contributed by atoms with Crippen LogP contribution in [0.5, 0.6) is 0 Å². The van der Waals surface area contributed by atoms with Gasteiger partial charge in [0, 0.05) is 0 Å². The lowest BCUT2D eigenvalue weighted by atomic mass is 10.1. The van der Waals surface area contributed by atoms with E-state index in [4.69, 9.17) is 10.4 Å². The number of carbonyl (C=O) groups is 1. The third kappa shape index (κ3) is 15.3. The van der Waals surface area contributed by atoms with Crippen molar-refractivity contribution >= 4 is 5.97 Å². The van der Waals surface area contributed by atoms with Crippen LogP contribution in [0.4, 0.5) is 0 Å². The summed E-state index contributed by atoms with van der Waals surface area (Å²) >= 11 is 0. The number of unbranched alkanes of at least 4 members (excludes halogenated alkanes) is 7. The maximum absolute atomic E-state index is 10.5. The molecule has 0 aromatic rings. The number of allylic oxidation sites excluding steroid dienone is 4. The second-order valence-corrected chi connectivity index (χ2v) is 5.67. The molecule has 0 fully saturated rings. The highest BCUT2D eigenvalue weighted by Gasteiger charge is 2.12. The minimum Gasteiger partial charge on any atom is -0.481 e. The fraction of sp³-hybridized carbons (Fsp3) is 0.722. The number of hydrogen-bond acceptors (Lipinski definition) is 3. The minimum atomic E-state index is -0.941. The first-order chi connectivity index (χ1) is 10.7. The van der Waals surface area contributed by atoms with Crippen LogP contribution in [0.2, 0.25) is 0 Å². The Balaban J connectivity index is 3.42. The minimum absolute atomic E-state index is 0.139. The maximum atomic E-state index is 10.5. The lowest BCUT2D eigenvalue weighted by molar-refractivity contribution is -0.280. The fourth-order valence-corrected chi connectivity index (χ4v) is 2.24. The molecule has 0 radical (unpaired) electrons. The Labute approximate surface area is 134 Å². The summed E-state index contributed by atoms with van der Waals surface area (Å²) in [5, 5.41) is 17.2. The van der Waals surface area contributed by atoms with E-state index in [0.717, 1.165) is 32.1 Å². The van der Waals surface area contributed by atoms with Crippen LogP contribution in [0.1, 0.15) is 77.6 Å². The fourth-order valence-electron chi connectivity index (χ4n) is 2.24. The average Bonchev–Trinajstić information content (AvgIpc) is 2.50. The van der Waals surface area contributed by atoms with Crippen LogP contribution in [-0.2, 0) is 9.68 Å². The van der Waals surface area contributed by atoms with Gasteiger partial charge in [0.25, 0.3) is 0 Å². The predicted octanol–water partition coefficient (Wildman–Crippen LogP) is 5.35. The van der Waals surface area contributed by atoms with Crippen molar-refractivity contribution in [3.63, 3.8) is 0 Å². The summed E-state index contributed by atoms with van der Waals surface area (Å²) in [6, 6.07) is 0.